The molecule has 0 radical (unpaired) electrons. The Morgan fingerprint density at radius 1 is 0.667 bits per heavy atom. The van der Waals surface area contributed by atoms with E-state index in [-0.39, 0.29) is 18.3 Å². The first-order valence-electron chi connectivity index (χ1n) is 8.78. The zero-order valence-corrected chi connectivity index (χ0v) is 17.5. The van der Waals surface area contributed by atoms with Crippen LogP contribution in [0, 0.1) is 27.7 Å². The van der Waals surface area contributed by atoms with Crippen LogP contribution in [0.15, 0.2) is 36.4 Å². The third kappa shape index (κ3) is 9.71. The van der Waals surface area contributed by atoms with E-state index in [0.29, 0.717) is 11.1 Å². The van der Waals surface area contributed by atoms with Gasteiger partial charge in [0, 0.05) is 18.1 Å². The summed E-state index contributed by atoms with van der Waals surface area (Å²) in [7, 11) is 0. The van der Waals surface area contributed by atoms with E-state index in [0.717, 1.165) is 16.7 Å². The lowest BCUT2D eigenvalue weighted by atomic mass is 9.99. The molecule has 166 valence electrons. The Kier molecular flexibility index (Phi) is 9.98. The molecule has 0 amide bonds. The molecule has 2 nitrogen and oxygen atoms in total. The molecule has 8 heteroatoms. The Labute approximate surface area is 171 Å². The van der Waals surface area contributed by atoms with E-state index in [4.69, 9.17) is 0 Å². The molecule has 0 saturated heterocycles. The number of ketones is 2. The highest BCUT2D eigenvalue weighted by molar-refractivity contribution is 6.02. The number of alkyl halides is 6. The first-order valence-corrected chi connectivity index (χ1v) is 8.78. The summed E-state index contributed by atoms with van der Waals surface area (Å²) in [4.78, 5) is 22.1. The molecule has 0 saturated carbocycles. The largest absolute Gasteiger partial charge is 0.454 e. The Hall–Kier alpha value is -2.64. The van der Waals surface area contributed by atoms with Gasteiger partial charge in [0.25, 0.3) is 5.78 Å². The van der Waals surface area contributed by atoms with Crippen LogP contribution in [0.25, 0.3) is 0 Å². The van der Waals surface area contributed by atoms with Crippen molar-refractivity contribution in [3.63, 3.8) is 0 Å². The Balaban J connectivity index is 0.000000468. The summed E-state index contributed by atoms with van der Waals surface area (Å²) in [5.41, 5.74) is 3.47. The van der Waals surface area contributed by atoms with Crippen molar-refractivity contribution in [2.24, 2.45) is 0 Å². The minimum Gasteiger partial charge on any atom is -0.294 e. The average molecular weight is 434 g/mol. The van der Waals surface area contributed by atoms with Gasteiger partial charge in [-0.3, -0.25) is 9.59 Å². The van der Waals surface area contributed by atoms with Crippen LogP contribution in [0.4, 0.5) is 26.3 Å². The summed E-state index contributed by atoms with van der Waals surface area (Å²) in [6.07, 6.45) is -8.79. The second kappa shape index (κ2) is 10.9. The summed E-state index contributed by atoms with van der Waals surface area (Å²) in [6, 6.07) is 10.5. The number of rotatable bonds is 2. The lowest BCUT2D eigenvalue weighted by molar-refractivity contribution is -0.110. The van der Waals surface area contributed by atoms with Crippen molar-refractivity contribution in [1.82, 2.24) is 0 Å². The molecular formula is C22H24F6O2. The molecule has 0 heterocycles. The molecule has 0 N–H and O–H groups in total. The molecule has 0 aliphatic carbocycles. The van der Waals surface area contributed by atoms with Gasteiger partial charge in [-0.15, -0.1) is 0 Å². The van der Waals surface area contributed by atoms with Gasteiger partial charge in [0.15, 0.2) is 5.78 Å². The number of halogens is 6. The Morgan fingerprint density at radius 3 is 1.13 bits per heavy atom. The van der Waals surface area contributed by atoms with Crippen LogP contribution in [0.2, 0.25) is 0 Å². The third-order valence-corrected chi connectivity index (χ3v) is 3.80. The smallest absolute Gasteiger partial charge is 0.294 e. The summed E-state index contributed by atoms with van der Waals surface area (Å²) in [5, 5.41) is 0. The quantitative estimate of drug-likeness (QED) is 0.372. The number of carbonyl (C=O) groups excluding carboxylic acids is 2. The predicted molar refractivity (Wildman–Crippen MR) is 104 cm³/mol. The SMILES string of the molecule is CC(=O)c1c(C)cccc1C.CC(F)(F)F.Cc1cccc(C)c1C(=O)C(F)(F)F. The van der Waals surface area contributed by atoms with Crippen LogP contribution in [0.5, 0.6) is 0 Å². The summed E-state index contributed by atoms with van der Waals surface area (Å²) in [6.45, 7) is 8.70. The van der Waals surface area contributed by atoms with Gasteiger partial charge in [-0.05, 0) is 56.9 Å². The summed E-state index contributed by atoms with van der Waals surface area (Å²) >= 11 is 0. The Bertz CT molecular complexity index is 834. The lowest BCUT2D eigenvalue weighted by Crippen LogP contribution is -2.24. The highest BCUT2D eigenvalue weighted by Crippen LogP contribution is 2.25. The van der Waals surface area contributed by atoms with Crippen LogP contribution in [-0.2, 0) is 0 Å². The molecule has 0 fully saturated rings. The van der Waals surface area contributed by atoms with E-state index in [9.17, 15) is 35.9 Å². The maximum atomic E-state index is 12.1. The van der Waals surface area contributed by atoms with E-state index in [1.165, 1.54) is 26.0 Å². The molecule has 0 bridgehead atoms. The molecule has 0 aromatic heterocycles. The van der Waals surface area contributed by atoms with E-state index in [1.54, 1.807) is 13.0 Å². The zero-order chi connectivity index (χ0) is 23.9. The fourth-order valence-electron chi connectivity index (χ4n) is 2.68. The normalized spacial score (nSPS) is 10.9. The third-order valence-electron chi connectivity index (χ3n) is 3.80. The van der Waals surface area contributed by atoms with Crippen molar-refractivity contribution in [2.75, 3.05) is 0 Å². The highest BCUT2D eigenvalue weighted by atomic mass is 19.4. The van der Waals surface area contributed by atoms with Crippen LogP contribution in [0.1, 0.15) is 56.8 Å². The van der Waals surface area contributed by atoms with Crippen LogP contribution < -0.4 is 0 Å². The summed E-state index contributed by atoms with van der Waals surface area (Å²) < 4.78 is 67.5. The first-order chi connectivity index (χ1) is 13.5. The summed E-state index contributed by atoms with van der Waals surface area (Å²) in [5.74, 6) is -1.62. The number of hydrogen-bond acceptors (Lipinski definition) is 2. The second-order valence-corrected chi connectivity index (χ2v) is 6.70. The van der Waals surface area contributed by atoms with Gasteiger partial charge >= 0.3 is 12.4 Å². The maximum Gasteiger partial charge on any atom is 0.454 e. The molecule has 0 unspecified atom stereocenters. The van der Waals surface area contributed by atoms with Gasteiger partial charge in [0.2, 0.25) is 0 Å². The van der Waals surface area contributed by atoms with Crippen LogP contribution >= 0.6 is 0 Å². The number of aryl methyl sites for hydroxylation is 4. The Morgan fingerprint density at radius 2 is 0.933 bits per heavy atom. The average Bonchev–Trinajstić information content (AvgIpc) is 2.52. The lowest BCUT2D eigenvalue weighted by Gasteiger charge is -2.10. The molecule has 2 aromatic carbocycles. The zero-order valence-electron chi connectivity index (χ0n) is 17.5. The van der Waals surface area contributed by atoms with E-state index in [1.807, 2.05) is 32.0 Å². The second-order valence-electron chi connectivity index (χ2n) is 6.70. The van der Waals surface area contributed by atoms with E-state index in [2.05, 4.69) is 0 Å². The van der Waals surface area contributed by atoms with Gasteiger partial charge in [0.1, 0.15) is 0 Å². The van der Waals surface area contributed by atoms with Crippen LogP contribution in [-0.4, -0.2) is 23.9 Å². The molecule has 0 spiro atoms. The van der Waals surface area contributed by atoms with Crippen molar-refractivity contribution in [2.45, 2.75) is 53.9 Å². The van der Waals surface area contributed by atoms with Gasteiger partial charge in [-0.2, -0.15) is 26.3 Å². The minimum atomic E-state index is -4.79. The van der Waals surface area contributed by atoms with Gasteiger partial charge < -0.3 is 0 Å². The number of benzene rings is 2. The highest BCUT2D eigenvalue weighted by Gasteiger charge is 2.40. The van der Waals surface area contributed by atoms with Crippen molar-refractivity contribution in [3.8, 4) is 0 Å². The van der Waals surface area contributed by atoms with E-state index >= 15 is 0 Å². The molecule has 2 rings (SSSR count). The number of hydrogen-bond donors (Lipinski definition) is 0. The van der Waals surface area contributed by atoms with Gasteiger partial charge in [-0.25, -0.2) is 0 Å². The van der Waals surface area contributed by atoms with Crippen molar-refractivity contribution >= 4 is 11.6 Å². The topological polar surface area (TPSA) is 34.1 Å². The monoisotopic (exact) mass is 434 g/mol. The minimum absolute atomic E-state index is 0.153. The van der Waals surface area contributed by atoms with Gasteiger partial charge in [-0.1, -0.05) is 36.4 Å². The van der Waals surface area contributed by atoms with Crippen molar-refractivity contribution in [1.29, 1.82) is 0 Å². The number of carbonyl (C=O) groups is 2. The van der Waals surface area contributed by atoms with Crippen molar-refractivity contribution < 1.29 is 35.9 Å². The fourth-order valence-corrected chi connectivity index (χ4v) is 2.68. The number of Topliss-reactive ketones (excluding diaryl/α,β-unsaturated/α-hetero) is 2. The standard InChI is InChI=1S/C10H9F3O.C10H12O.C2H3F3/c1-6-4-3-5-7(2)8(6)9(14)10(11,12)13;1-7-5-4-6-8(2)10(7)9(3)11;1-2(3,4)5/h3-5H,1-2H3;4-6H,1-3H3;1H3. The fraction of sp³-hybridized carbons (Fsp3) is 0.364. The molecule has 0 aliphatic rings. The molecule has 2 aromatic rings. The van der Waals surface area contributed by atoms with Gasteiger partial charge in [0.05, 0.1) is 0 Å². The molecular weight excluding hydrogens is 410 g/mol. The maximum absolute atomic E-state index is 12.1. The molecule has 30 heavy (non-hydrogen) atoms. The molecule has 0 atom stereocenters. The van der Waals surface area contributed by atoms with Crippen LogP contribution in [0.3, 0.4) is 0 Å². The predicted octanol–water partition coefficient (Wildman–Crippen LogP) is 7.12. The van der Waals surface area contributed by atoms with E-state index < -0.39 is 18.1 Å². The molecule has 0 aliphatic heterocycles. The van der Waals surface area contributed by atoms with Crippen molar-refractivity contribution in [3.05, 3.63) is 69.8 Å². The first kappa shape index (κ1) is 27.4.